The fraction of sp³-hybridized carbons (Fsp3) is 0.714. The monoisotopic (exact) mass is 906 g/mol. The van der Waals surface area contributed by atoms with Crippen molar-refractivity contribution >= 4 is 54.7 Å². The molecule has 3 aliphatic heterocycles. The summed E-state index contributed by atoms with van der Waals surface area (Å²) in [6.07, 6.45) is 2.51. The molecule has 3 saturated heterocycles. The van der Waals surface area contributed by atoms with Crippen molar-refractivity contribution in [2.75, 3.05) is 0 Å². The lowest BCUT2D eigenvalue weighted by Gasteiger charge is -2.32. The molecule has 2 N–H and O–H groups in total. The van der Waals surface area contributed by atoms with Crippen LogP contribution in [0.5, 0.6) is 0 Å². The summed E-state index contributed by atoms with van der Waals surface area (Å²) in [5.41, 5.74) is -0.811. The van der Waals surface area contributed by atoms with Crippen LogP contribution in [-0.2, 0) is 50.5 Å². The van der Waals surface area contributed by atoms with Crippen molar-refractivity contribution in [3.05, 3.63) is 52.5 Å². The van der Waals surface area contributed by atoms with Gasteiger partial charge in [-0.05, 0) is 159 Å². The van der Waals surface area contributed by atoms with Crippen LogP contribution in [0.25, 0.3) is 0 Å². The maximum Gasteiger partial charge on any atom is 0.496 e. The molecule has 5 rings (SSSR count). The number of pyridine rings is 2. The maximum absolute atomic E-state index is 11.6. The molecule has 0 radical (unpaired) electrons. The molecule has 0 saturated carbocycles. The maximum atomic E-state index is 11.6. The second kappa shape index (κ2) is 20.2. The van der Waals surface area contributed by atoms with E-state index in [2.05, 4.69) is 36.5 Å². The van der Waals surface area contributed by atoms with Crippen LogP contribution in [0, 0.1) is 0 Å². The zero-order valence-corrected chi connectivity index (χ0v) is 39.6. The number of amides is 2. The molecule has 0 unspecified atom stereocenters. The van der Waals surface area contributed by atoms with Gasteiger partial charge in [-0.3, -0.25) is 9.97 Å². The Balaban J connectivity index is 0.000000453. The van der Waals surface area contributed by atoms with E-state index in [1.54, 1.807) is 12.4 Å². The van der Waals surface area contributed by atoms with Crippen LogP contribution in [0.1, 0.15) is 151 Å². The molecule has 60 heavy (non-hydrogen) atoms. The highest BCUT2D eigenvalue weighted by Crippen LogP contribution is 2.43. The summed E-state index contributed by atoms with van der Waals surface area (Å²) in [4.78, 5) is 31.5. The topological polar surface area (TPSA) is 158 Å². The number of aromatic nitrogens is 2. The molecule has 0 atom stereocenters. The van der Waals surface area contributed by atoms with Crippen LogP contribution in [-0.4, -0.2) is 88.1 Å². The van der Waals surface area contributed by atoms with Crippen LogP contribution in [0.4, 0.5) is 9.59 Å². The molecule has 14 nitrogen and oxygen atoms in total. The first-order chi connectivity index (χ1) is 26.1. The van der Waals surface area contributed by atoms with Crippen LogP contribution >= 0.6 is 15.9 Å². The van der Waals surface area contributed by atoms with Gasteiger partial charge in [0.2, 0.25) is 0 Å². The van der Waals surface area contributed by atoms with Gasteiger partial charge in [0.25, 0.3) is 0 Å². The van der Waals surface area contributed by atoms with Gasteiger partial charge in [-0.1, -0.05) is 20.9 Å². The van der Waals surface area contributed by atoms with E-state index in [1.165, 1.54) is 0 Å². The van der Waals surface area contributed by atoms with E-state index in [9.17, 15) is 9.59 Å². The minimum atomic E-state index is -0.516. The van der Waals surface area contributed by atoms with Gasteiger partial charge in [-0.25, -0.2) is 9.59 Å². The third kappa shape index (κ3) is 15.6. The SMILES string of the molecule is C.C.CC(C)(C)OC(=O)NCc1ccc(B2OC(C)(C)C(C)(C)O2)cn1.CC(C)(C)OC(=O)NCc1ccc(Br)cn1.CC1(C)OB(B2OC(C)(C)C(C)(C)O2)OC1(C)C. The van der Waals surface area contributed by atoms with Crippen LogP contribution < -0.4 is 16.1 Å². The van der Waals surface area contributed by atoms with Crippen molar-refractivity contribution in [1.82, 2.24) is 20.6 Å². The van der Waals surface area contributed by atoms with E-state index in [-0.39, 0.29) is 48.5 Å². The quantitative estimate of drug-likeness (QED) is 0.266. The third-order valence-corrected chi connectivity index (χ3v) is 11.0. The van der Waals surface area contributed by atoms with Gasteiger partial charge < -0.3 is 48.0 Å². The molecule has 0 aromatic carbocycles. The van der Waals surface area contributed by atoms with Gasteiger partial charge in [-0.15, -0.1) is 0 Å². The lowest BCUT2D eigenvalue weighted by Crippen LogP contribution is -2.41. The molecule has 5 heterocycles. The number of nitrogens with one attached hydrogen (secondary N) is 2. The van der Waals surface area contributed by atoms with Crippen molar-refractivity contribution in [3.8, 4) is 0 Å². The number of halogens is 1. The van der Waals surface area contributed by atoms with Crippen LogP contribution in [0.2, 0.25) is 0 Å². The predicted molar refractivity (Wildman–Crippen MR) is 244 cm³/mol. The molecule has 2 aromatic heterocycles. The number of rotatable bonds is 6. The fourth-order valence-corrected chi connectivity index (χ4v) is 5.36. The molecule has 338 valence electrons. The smallest absolute Gasteiger partial charge is 0.444 e. The number of nitrogens with zero attached hydrogens (tertiary/aromatic N) is 2. The van der Waals surface area contributed by atoms with Crippen molar-refractivity contribution in [2.45, 2.75) is 197 Å². The second-order valence-electron chi connectivity index (χ2n) is 19.6. The van der Waals surface area contributed by atoms with E-state index >= 15 is 0 Å². The average molecular weight is 907 g/mol. The van der Waals surface area contributed by atoms with Crippen molar-refractivity contribution in [1.29, 1.82) is 0 Å². The van der Waals surface area contributed by atoms with Crippen molar-refractivity contribution in [2.24, 2.45) is 0 Å². The van der Waals surface area contributed by atoms with Gasteiger partial charge in [-0.2, -0.15) is 0 Å². The summed E-state index contributed by atoms with van der Waals surface area (Å²) in [6.45, 7) is 35.9. The van der Waals surface area contributed by atoms with Gasteiger partial charge in [0.15, 0.2) is 0 Å². The summed E-state index contributed by atoms with van der Waals surface area (Å²) >= 11 is 3.29. The Morgan fingerprint density at radius 2 is 0.883 bits per heavy atom. The number of hydrogen-bond acceptors (Lipinski definition) is 12. The Bertz CT molecular complexity index is 1620. The highest BCUT2D eigenvalue weighted by Gasteiger charge is 2.63. The van der Waals surface area contributed by atoms with E-state index < -0.39 is 44.5 Å². The zero-order valence-electron chi connectivity index (χ0n) is 38.0. The largest absolute Gasteiger partial charge is 0.496 e. The molecule has 0 aliphatic carbocycles. The van der Waals surface area contributed by atoms with Crippen molar-refractivity contribution < 1.29 is 47.0 Å². The number of hydrogen-bond donors (Lipinski definition) is 2. The second-order valence-corrected chi connectivity index (χ2v) is 20.5. The molecular formula is C42H74B3BrN4O10. The Kier molecular flexibility index (Phi) is 18.6. The van der Waals surface area contributed by atoms with Gasteiger partial charge >= 0.3 is 33.3 Å². The zero-order chi connectivity index (χ0) is 44.3. The molecule has 0 spiro atoms. The fourth-order valence-electron chi connectivity index (χ4n) is 5.12. The Hall–Kier alpha value is -2.73. The third-order valence-electron chi connectivity index (χ3n) is 10.6. The Morgan fingerprint density at radius 1 is 0.567 bits per heavy atom. The first-order valence-electron chi connectivity index (χ1n) is 19.7. The molecule has 18 heteroatoms. The lowest BCUT2D eigenvalue weighted by molar-refractivity contribution is 0.00578. The highest BCUT2D eigenvalue weighted by atomic mass is 79.9. The average Bonchev–Trinajstić information content (AvgIpc) is 3.52. The summed E-state index contributed by atoms with van der Waals surface area (Å²) in [6, 6.07) is 7.46. The van der Waals surface area contributed by atoms with Gasteiger partial charge in [0.1, 0.15) is 11.2 Å². The minimum Gasteiger partial charge on any atom is -0.444 e. The molecule has 0 bridgehead atoms. The van der Waals surface area contributed by atoms with Crippen LogP contribution in [0.15, 0.2) is 41.1 Å². The summed E-state index contributed by atoms with van der Waals surface area (Å²) < 4.78 is 47.0. The summed E-state index contributed by atoms with van der Waals surface area (Å²) in [5.74, 6) is 0. The van der Waals surface area contributed by atoms with E-state index in [4.69, 9.17) is 37.4 Å². The standard InChI is InChI=1S/C17H27BN2O4.C12H24B2O4.C11H15BrN2O2.2CH4/c1-15(2,3)22-14(21)20-11-13-9-8-12(10-19-13)18-23-16(4,5)17(6,7)24-18;1-9(2)10(3,4)16-13(15-9)14-17-11(5,6)12(7,8)18-14;1-11(2,3)16-10(15)14-7-9-5-4-8(12)6-13-9;;/h8-10H,11H2,1-7H3,(H,20,21);1-8H3;4-6H,7H2,1-3H3,(H,14,15);2*1H4. The van der Waals surface area contributed by atoms with Crippen molar-refractivity contribution in [3.63, 3.8) is 0 Å². The number of alkyl carbamates (subject to hydrolysis) is 2. The number of carbonyl (C=O) groups excluding carboxylic acids is 2. The Morgan fingerprint density at radius 3 is 1.17 bits per heavy atom. The van der Waals surface area contributed by atoms with Crippen LogP contribution in [0.3, 0.4) is 0 Å². The Labute approximate surface area is 370 Å². The normalized spacial score (nSPS) is 20.2. The molecule has 3 fully saturated rings. The molecule has 3 aliphatic rings. The van der Waals surface area contributed by atoms with E-state index in [0.717, 1.165) is 21.3 Å². The first-order valence-corrected chi connectivity index (χ1v) is 20.5. The van der Waals surface area contributed by atoms with E-state index in [1.807, 2.05) is 149 Å². The minimum absolute atomic E-state index is 0. The number of ether oxygens (including phenoxy) is 2. The molecule has 2 aromatic rings. The molecule has 2 amide bonds. The van der Waals surface area contributed by atoms with E-state index in [0.29, 0.717) is 13.1 Å². The summed E-state index contributed by atoms with van der Waals surface area (Å²) in [7, 11) is -1.39. The lowest BCUT2D eigenvalue weighted by atomic mass is 9.49. The van der Waals surface area contributed by atoms with Gasteiger partial charge in [0.05, 0.1) is 58.1 Å². The highest BCUT2D eigenvalue weighted by molar-refractivity contribution is 9.10. The number of carbonyl (C=O) groups is 2. The predicted octanol–water partition coefficient (Wildman–Crippen LogP) is 8.80. The van der Waals surface area contributed by atoms with Gasteiger partial charge in [0, 0.05) is 22.3 Å². The summed E-state index contributed by atoms with van der Waals surface area (Å²) in [5, 5.41) is 5.32. The first kappa shape index (κ1) is 55.3. The molecular weight excluding hydrogens is 833 g/mol.